The van der Waals surface area contributed by atoms with Crippen molar-refractivity contribution in [2.24, 2.45) is 0 Å². The van der Waals surface area contributed by atoms with Crippen molar-refractivity contribution in [3.63, 3.8) is 0 Å². The van der Waals surface area contributed by atoms with Crippen LogP contribution in [0.5, 0.6) is 5.75 Å². The molecule has 0 unspecified atom stereocenters. The van der Waals surface area contributed by atoms with Crippen LogP contribution in [0.3, 0.4) is 0 Å². The van der Waals surface area contributed by atoms with Gasteiger partial charge in [-0.1, -0.05) is 18.6 Å². The molecule has 1 aliphatic heterocycles. The largest absolute Gasteiger partial charge is 0.497 e. The molecule has 2 aromatic rings. The van der Waals surface area contributed by atoms with Gasteiger partial charge in [0.1, 0.15) is 10.6 Å². The van der Waals surface area contributed by atoms with Gasteiger partial charge in [-0.25, -0.2) is 13.4 Å². The van der Waals surface area contributed by atoms with E-state index in [0.29, 0.717) is 13.1 Å². The Morgan fingerprint density at radius 1 is 1.16 bits per heavy atom. The van der Waals surface area contributed by atoms with Gasteiger partial charge in [0.2, 0.25) is 10.0 Å². The number of hydrogen-bond donors (Lipinski definition) is 0. The highest BCUT2D eigenvalue weighted by atomic mass is 32.2. The Labute approximate surface area is 153 Å². The predicted octanol–water partition coefficient (Wildman–Crippen LogP) is 3.56. The van der Waals surface area contributed by atoms with Crippen LogP contribution in [0.4, 0.5) is 0 Å². The van der Waals surface area contributed by atoms with E-state index in [9.17, 15) is 8.42 Å². The van der Waals surface area contributed by atoms with Crippen LogP contribution in [0.25, 0.3) is 0 Å². The Balaban J connectivity index is 1.65. The number of hydrogen-bond acceptors (Lipinski definition) is 5. The van der Waals surface area contributed by atoms with Crippen molar-refractivity contribution in [3.05, 3.63) is 48.2 Å². The third kappa shape index (κ3) is 4.54. The molecule has 0 bridgehead atoms. The predicted molar refractivity (Wildman–Crippen MR) is 99.4 cm³/mol. The number of aromatic nitrogens is 1. The van der Waals surface area contributed by atoms with Gasteiger partial charge in [0.25, 0.3) is 0 Å². The lowest BCUT2D eigenvalue weighted by Crippen LogP contribution is -2.35. The first-order valence-electron chi connectivity index (χ1n) is 8.31. The normalized spacial score (nSPS) is 15.9. The van der Waals surface area contributed by atoms with Crippen LogP contribution in [-0.2, 0) is 15.8 Å². The summed E-state index contributed by atoms with van der Waals surface area (Å²) in [6.45, 7) is 1.21. The lowest BCUT2D eigenvalue weighted by Gasteiger charge is -2.25. The zero-order valence-corrected chi connectivity index (χ0v) is 15.9. The summed E-state index contributed by atoms with van der Waals surface area (Å²) in [5.41, 5.74) is 1.14. The van der Waals surface area contributed by atoms with Crippen LogP contribution >= 0.6 is 11.8 Å². The maximum Gasteiger partial charge on any atom is 0.244 e. The number of piperidine rings is 1. The van der Waals surface area contributed by atoms with Crippen LogP contribution in [0, 0.1) is 0 Å². The number of methoxy groups -OCH3 is 1. The molecule has 2 heterocycles. The average molecular weight is 379 g/mol. The number of rotatable bonds is 6. The molecule has 0 N–H and O–H groups in total. The lowest BCUT2D eigenvalue weighted by molar-refractivity contribution is 0.346. The Bertz CT molecular complexity index is 801. The van der Waals surface area contributed by atoms with Crippen LogP contribution in [0.15, 0.2) is 52.5 Å². The van der Waals surface area contributed by atoms with E-state index in [4.69, 9.17) is 4.74 Å². The van der Waals surface area contributed by atoms with E-state index in [-0.39, 0.29) is 4.90 Å². The number of pyridine rings is 1. The lowest BCUT2D eigenvalue weighted by atomic mass is 10.2. The minimum absolute atomic E-state index is 0.278. The minimum atomic E-state index is -3.41. The van der Waals surface area contributed by atoms with Crippen molar-refractivity contribution in [1.82, 2.24) is 9.29 Å². The van der Waals surface area contributed by atoms with Crippen molar-refractivity contribution >= 4 is 21.8 Å². The summed E-state index contributed by atoms with van der Waals surface area (Å²) in [5.74, 6) is 1.58. The van der Waals surface area contributed by atoms with Crippen LogP contribution in [0.1, 0.15) is 24.8 Å². The second kappa shape index (κ2) is 8.21. The molecule has 1 fully saturated rings. The maximum atomic E-state index is 12.6. The Morgan fingerprint density at radius 2 is 1.96 bits per heavy atom. The molecular formula is C18H22N2O3S2. The summed E-state index contributed by atoms with van der Waals surface area (Å²) in [7, 11) is -1.76. The zero-order chi connectivity index (χ0) is 17.7. The molecule has 0 atom stereocenters. The molecule has 1 aromatic carbocycles. The Morgan fingerprint density at radius 3 is 2.64 bits per heavy atom. The topological polar surface area (TPSA) is 59.5 Å². The molecule has 0 radical (unpaired) electrons. The highest BCUT2D eigenvalue weighted by Crippen LogP contribution is 2.25. The maximum absolute atomic E-state index is 12.6. The van der Waals surface area contributed by atoms with Crippen LogP contribution in [-0.4, -0.2) is 37.9 Å². The van der Waals surface area contributed by atoms with E-state index in [1.165, 1.54) is 6.20 Å². The van der Waals surface area contributed by atoms with Gasteiger partial charge in [0.15, 0.2) is 0 Å². The van der Waals surface area contributed by atoms with Crippen molar-refractivity contribution < 1.29 is 13.2 Å². The fourth-order valence-corrected chi connectivity index (χ4v) is 5.03. The molecule has 0 aliphatic carbocycles. The molecule has 5 nitrogen and oxygen atoms in total. The summed E-state index contributed by atoms with van der Waals surface area (Å²) in [5, 5.41) is 0.806. The quantitative estimate of drug-likeness (QED) is 0.720. The Hall–Kier alpha value is -1.57. The van der Waals surface area contributed by atoms with Gasteiger partial charge in [0.05, 0.1) is 12.1 Å². The first kappa shape index (κ1) is 18.2. The molecule has 7 heteroatoms. The summed E-state index contributed by atoms with van der Waals surface area (Å²) in [4.78, 5) is 4.60. The van der Waals surface area contributed by atoms with E-state index in [1.54, 1.807) is 35.3 Å². The third-order valence-electron chi connectivity index (χ3n) is 4.18. The highest BCUT2D eigenvalue weighted by molar-refractivity contribution is 7.98. The second-order valence-corrected chi connectivity index (χ2v) is 8.87. The fourth-order valence-electron chi connectivity index (χ4n) is 2.78. The zero-order valence-electron chi connectivity index (χ0n) is 14.2. The van der Waals surface area contributed by atoms with Gasteiger partial charge in [-0.05, 0) is 42.7 Å². The van der Waals surface area contributed by atoms with E-state index in [2.05, 4.69) is 4.98 Å². The van der Waals surface area contributed by atoms with Gasteiger partial charge in [-0.15, -0.1) is 11.8 Å². The molecule has 0 amide bonds. The Kier molecular flexibility index (Phi) is 5.98. The SMILES string of the molecule is COc1cccc(CSc2ccc(S(=O)(=O)N3CCCCC3)cn2)c1. The molecule has 1 aromatic heterocycles. The van der Waals surface area contributed by atoms with E-state index in [0.717, 1.165) is 41.4 Å². The smallest absolute Gasteiger partial charge is 0.244 e. The van der Waals surface area contributed by atoms with Crippen molar-refractivity contribution in [2.45, 2.75) is 34.9 Å². The van der Waals surface area contributed by atoms with E-state index in [1.807, 2.05) is 24.3 Å². The highest BCUT2D eigenvalue weighted by Gasteiger charge is 2.26. The molecule has 0 spiro atoms. The molecule has 25 heavy (non-hydrogen) atoms. The van der Waals surface area contributed by atoms with Crippen LogP contribution in [0.2, 0.25) is 0 Å². The summed E-state index contributed by atoms with van der Waals surface area (Å²) in [6.07, 6.45) is 4.43. The molecule has 0 saturated carbocycles. The first-order chi connectivity index (χ1) is 12.1. The first-order valence-corrected chi connectivity index (χ1v) is 10.7. The standard InChI is InChI=1S/C18H22N2O3S2/c1-23-16-7-5-6-15(12-16)14-24-18-9-8-17(13-19-18)25(21,22)20-10-3-2-4-11-20/h5-9,12-13H,2-4,10-11,14H2,1H3. The average Bonchev–Trinajstić information content (AvgIpc) is 2.67. The minimum Gasteiger partial charge on any atom is -0.497 e. The number of benzene rings is 1. The summed E-state index contributed by atoms with van der Waals surface area (Å²) < 4.78 is 32.0. The van der Waals surface area contributed by atoms with E-state index >= 15 is 0 Å². The number of thioether (sulfide) groups is 1. The molecule has 1 aliphatic rings. The van der Waals surface area contributed by atoms with Gasteiger partial charge >= 0.3 is 0 Å². The number of ether oxygens (including phenoxy) is 1. The number of sulfonamides is 1. The van der Waals surface area contributed by atoms with Crippen LogP contribution < -0.4 is 4.74 Å². The molecule has 3 rings (SSSR count). The monoisotopic (exact) mass is 378 g/mol. The fraction of sp³-hybridized carbons (Fsp3) is 0.389. The molecular weight excluding hydrogens is 356 g/mol. The van der Waals surface area contributed by atoms with Crippen molar-refractivity contribution in [2.75, 3.05) is 20.2 Å². The van der Waals surface area contributed by atoms with E-state index < -0.39 is 10.0 Å². The van der Waals surface area contributed by atoms with Crippen molar-refractivity contribution in [1.29, 1.82) is 0 Å². The van der Waals surface area contributed by atoms with Gasteiger partial charge in [0, 0.05) is 25.0 Å². The second-order valence-electron chi connectivity index (χ2n) is 5.94. The summed E-state index contributed by atoms with van der Waals surface area (Å²) in [6, 6.07) is 11.3. The molecule has 134 valence electrons. The number of nitrogens with zero attached hydrogens (tertiary/aromatic N) is 2. The molecule has 1 saturated heterocycles. The van der Waals surface area contributed by atoms with Crippen molar-refractivity contribution in [3.8, 4) is 5.75 Å². The third-order valence-corrected chi connectivity index (χ3v) is 7.08. The summed E-state index contributed by atoms with van der Waals surface area (Å²) >= 11 is 1.57. The van der Waals surface area contributed by atoms with Gasteiger partial charge in [-0.2, -0.15) is 4.31 Å². The van der Waals surface area contributed by atoms with Gasteiger partial charge in [-0.3, -0.25) is 0 Å². The van der Waals surface area contributed by atoms with Gasteiger partial charge < -0.3 is 4.74 Å².